The minimum absolute atomic E-state index is 0. The van der Waals surface area contributed by atoms with E-state index in [0.717, 1.165) is 10.9 Å². The Labute approximate surface area is 155 Å². The third-order valence-corrected chi connectivity index (χ3v) is 2.87. The van der Waals surface area contributed by atoms with Crippen molar-refractivity contribution in [2.45, 2.75) is 0 Å². The van der Waals surface area contributed by atoms with Crippen LogP contribution in [0.1, 0.15) is 17.5 Å². The third-order valence-electron chi connectivity index (χ3n) is 2.87. The van der Waals surface area contributed by atoms with Gasteiger partial charge < -0.3 is 1.43 Å². The molecular formula is C16H12KNO. The largest absolute Gasteiger partial charge is 1.00 e. The summed E-state index contributed by atoms with van der Waals surface area (Å²) >= 11 is 0. The Bertz CT molecular complexity index is 716. The molecular weight excluding hydrogens is 261 g/mol. The number of carbonyl (C=O) groups excluding carboxylic acids is 1. The number of pyridine rings is 1. The van der Waals surface area contributed by atoms with E-state index in [1.165, 1.54) is 0 Å². The Balaban J connectivity index is 0.000001000. The van der Waals surface area contributed by atoms with E-state index in [0.29, 0.717) is 11.3 Å². The van der Waals surface area contributed by atoms with Gasteiger partial charge in [0.2, 0.25) is 5.78 Å². The standard InChI is InChI=1S/C16H11NO.K.H/c18-16(13-7-2-1-3-8-13)15-11-10-12-6-4-5-9-14(12)17-15;;/h1-11H;;/q;+1;-1. The van der Waals surface area contributed by atoms with Crippen molar-refractivity contribution in [1.82, 2.24) is 4.98 Å². The quantitative estimate of drug-likeness (QED) is 0.505. The van der Waals surface area contributed by atoms with Crippen molar-refractivity contribution in [3.8, 4) is 0 Å². The number of fused-ring (bicyclic) bond motifs is 1. The van der Waals surface area contributed by atoms with Gasteiger partial charge >= 0.3 is 51.4 Å². The molecule has 2 nitrogen and oxygen atoms in total. The molecule has 0 bridgehead atoms. The van der Waals surface area contributed by atoms with Crippen LogP contribution >= 0.6 is 0 Å². The number of hydrogen-bond acceptors (Lipinski definition) is 2. The van der Waals surface area contributed by atoms with Crippen molar-refractivity contribution in [2.75, 3.05) is 0 Å². The summed E-state index contributed by atoms with van der Waals surface area (Å²) in [4.78, 5) is 16.6. The molecule has 3 aromatic rings. The van der Waals surface area contributed by atoms with Crippen LogP contribution in [0.3, 0.4) is 0 Å². The van der Waals surface area contributed by atoms with Crippen molar-refractivity contribution in [3.63, 3.8) is 0 Å². The SMILES string of the molecule is O=C(c1ccccc1)c1ccc2ccccc2n1.[H-].[K+]. The van der Waals surface area contributed by atoms with Crippen LogP contribution in [-0.4, -0.2) is 10.8 Å². The monoisotopic (exact) mass is 273 g/mol. The third kappa shape index (κ3) is 3.19. The van der Waals surface area contributed by atoms with Crippen molar-refractivity contribution < 1.29 is 57.6 Å². The van der Waals surface area contributed by atoms with E-state index in [9.17, 15) is 4.79 Å². The average Bonchev–Trinajstić information content (AvgIpc) is 2.47. The van der Waals surface area contributed by atoms with Gasteiger partial charge in [0.25, 0.3) is 0 Å². The summed E-state index contributed by atoms with van der Waals surface area (Å²) in [5.74, 6) is -0.0404. The predicted molar refractivity (Wildman–Crippen MR) is 72.7 cm³/mol. The van der Waals surface area contributed by atoms with Gasteiger partial charge in [0.05, 0.1) is 5.52 Å². The molecule has 88 valence electrons. The van der Waals surface area contributed by atoms with Gasteiger partial charge in [-0.1, -0.05) is 54.6 Å². The van der Waals surface area contributed by atoms with Gasteiger partial charge in [-0.15, -0.1) is 0 Å². The maximum absolute atomic E-state index is 12.2. The smallest absolute Gasteiger partial charge is 1.00 e. The number of nitrogens with zero attached hydrogens (tertiary/aromatic N) is 1. The molecule has 0 spiro atoms. The van der Waals surface area contributed by atoms with Crippen LogP contribution in [0.2, 0.25) is 0 Å². The van der Waals surface area contributed by atoms with E-state index in [4.69, 9.17) is 0 Å². The number of rotatable bonds is 2. The Kier molecular flexibility index (Phi) is 5.02. The first kappa shape index (κ1) is 14.6. The van der Waals surface area contributed by atoms with Gasteiger partial charge in [-0.2, -0.15) is 0 Å². The normalized spacial score (nSPS) is 9.89. The Morgan fingerprint density at radius 3 is 2.32 bits per heavy atom. The number of aromatic nitrogens is 1. The minimum Gasteiger partial charge on any atom is -1.00 e. The maximum Gasteiger partial charge on any atom is 1.00 e. The van der Waals surface area contributed by atoms with Gasteiger partial charge in [0, 0.05) is 10.9 Å². The molecule has 2 aromatic carbocycles. The van der Waals surface area contributed by atoms with Crippen LogP contribution in [0.25, 0.3) is 10.9 Å². The Hall–Kier alpha value is -0.844. The molecule has 0 aliphatic rings. The Morgan fingerprint density at radius 2 is 1.53 bits per heavy atom. The summed E-state index contributed by atoms with van der Waals surface area (Å²) in [5.41, 5.74) is 2.00. The molecule has 3 heteroatoms. The fourth-order valence-electron chi connectivity index (χ4n) is 1.93. The van der Waals surface area contributed by atoms with E-state index >= 15 is 0 Å². The van der Waals surface area contributed by atoms with Crippen LogP contribution in [0.5, 0.6) is 0 Å². The van der Waals surface area contributed by atoms with Crippen LogP contribution in [0.4, 0.5) is 0 Å². The van der Waals surface area contributed by atoms with Crippen LogP contribution in [-0.2, 0) is 0 Å². The maximum atomic E-state index is 12.2. The summed E-state index contributed by atoms with van der Waals surface area (Å²) in [6.45, 7) is 0. The molecule has 0 saturated heterocycles. The van der Waals surface area contributed by atoms with Gasteiger partial charge in [0.1, 0.15) is 5.69 Å². The van der Waals surface area contributed by atoms with E-state index in [2.05, 4.69) is 4.98 Å². The van der Waals surface area contributed by atoms with Crippen LogP contribution in [0, 0.1) is 0 Å². The van der Waals surface area contributed by atoms with Gasteiger partial charge in [-0.3, -0.25) is 4.79 Å². The van der Waals surface area contributed by atoms with Crippen molar-refractivity contribution in [3.05, 3.63) is 78.0 Å². The molecule has 3 rings (SSSR count). The minimum atomic E-state index is -0.0404. The van der Waals surface area contributed by atoms with Crippen molar-refractivity contribution >= 4 is 16.7 Å². The number of para-hydroxylation sites is 1. The second kappa shape index (κ2) is 6.55. The first-order valence-corrected chi connectivity index (χ1v) is 5.80. The molecule has 1 aromatic heterocycles. The summed E-state index contributed by atoms with van der Waals surface area (Å²) < 4.78 is 0. The fourth-order valence-corrected chi connectivity index (χ4v) is 1.93. The van der Waals surface area contributed by atoms with Crippen LogP contribution < -0.4 is 51.4 Å². The van der Waals surface area contributed by atoms with Gasteiger partial charge in [0.15, 0.2) is 0 Å². The second-order valence-electron chi connectivity index (χ2n) is 4.08. The molecule has 0 saturated carbocycles. The zero-order chi connectivity index (χ0) is 12.4. The molecule has 1 heterocycles. The van der Waals surface area contributed by atoms with Gasteiger partial charge in [-0.25, -0.2) is 4.98 Å². The molecule has 0 fully saturated rings. The number of ketones is 1. The molecule has 0 aliphatic carbocycles. The first-order chi connectivity index (χ1) is 8.84. The molecule has 0 radical (unpaired) electrons. The predicted octanol–water partition coefficient (Wildman–Crippen LogP) is 0.582. The summed E-state index contributed by atoms with van der Waals surface area (Å²) in [5, 5.41) is 1.04. The van der Waals surface area contributed by atoms with Gasteiger partial charge in [-0.05, 0) is 12.1 Å². The molecule has 0 amide bonds. The zero-order valence-electron chi connectivity index (χ0n) is 11.7. The summed E-state index contributed by atoms with van der Waals surface area (Å²) in [7, 11) is 0. The topological polar surface area (TPSA) is 30.0 Å². The first-order valence-electron chi connectivity index (χ1n) is 5.80. The van der Waals surface area contributed by atoms with E-state index < -0.39 is 0 Å². The zero-order valence-corrected chi connectivity index (χ0v) is 13.8. The molecule has 0 N–H and O–H groups in total. The number of carbonyl (C=O) groups is 1. The molecule has 0 atom stereocenters. The summed E-state index contributed by atoms with van der Waals surface area (Å²) in [6.07, 6.45) is 0. The second-order valence-corrected chi connectivity index (χ2v) is 4.08. The van der Waals surface area contributed by atoms with Crippen molar-refractivity contribution in [2.24, 2.45) is 0 Å². The van der Waals surface area contributed by atoms with E-state index in [1.807, 2.05) is 48.5 Å². The number of benzene rings is 2. The van der Waals surface area contributed by atoms with E-state index in [1.54, 1.807) is 18.2 Å². The fraction of sp³-hybridized carbons (Fsp3) is 0. The summed E-state index contributed by atoms with van der Waals surface area (Å²) in [6, 6.07) is 20.7. The number of hydrogen-bond donors (Lipinski definition) is 0. The van der Waals surface area contributed by atoms with Crippen molar-refractivity contribution in [1.29, 1.82) is 0 Å². The molecule has 19 heavy (non-hydrogen) atoms. The molecule has 0 aliphatic heterocycles. The molecule has 0 unspecified atom stereocenters. The van der Waals surface area contributed by atoms with Crippen LogP contribution in [0.15, 0.2) is 66.7 Å². The van der Waals surface area contributed by atoms with E-state index in [-0.39, 0.29) is 58.6 Å². The Morgan fingerprint density at radius 1 is 0.842 bits per heavy atom. The average molecular weight is 273 g/mol.